The van der Waals surface area contributed by atoms with Crippen molar-refractivity contribution in [1.29, 1.82) is 5.26 Å². The fraction of sp³-hybridized carbons (Fsp3) is 0.0714. The van der Waals surface area contributed by atoms with E-state index in [2.05, 4.69) is 286 Å². The largest absolute Gasteiger partial charge is 0.336 e. The van der Waals surface area contributed by atoms with Gasteiger partial charge in [-0.25, -0.2) is 0 Å². The average molecular weight is 979 g/mol. The molecule has 0 aliphatic heterocycles. The number of aryl methyl sites for hydroxylation is 1. The quantitative estimate of drug-likeness (QED) is 0.108. The van der Waals surface area contributed by atoms with Gasteiger partial charge in [-0.3, -0.25) is 0 Å². The third-order valence-electron chi connectivity index (χ3n) is 15.1. The molecule has 6 nitrogen and oxygen atoms in total. The highest BCUT2D eigenvalue weighted by Gasteiger charge is 2.26. The summed E-state index contributed by atoms with van der Waals surface area (Å²) in [5.74, 6) is 0. The molecule has 0 N–H and O–H groups in total. The van der Waals surface area contributed by atoms with E-state index in [9.17, 15) is 5.26 Å². The van der Waals surface area contributed by atoms with Crippen LogP contribution in [0, 0.1) is 18.3 Å². The Labute approximate surface area is 443 Å². The van der Waals surface area contributed by atoms with Crippen molar-refractivity contribution < 1.29 is 0 Å². The molecular formula is C70H54N6. The van der Waals surface area contributed by atoms with Gasteiger partial charge in [-0.2, -0.15) is 5.26 Å². The van der Waals surface area contributed by atoms with E-state index in [4.69, 9.17) is 0 Å². The highest BCUT2D eigenvalue weighted by Crippen LogP contribution is 2.44. The first-order valence-electron chi connectivity index (χ1n) is 26.2. The fourth-order valence-electron chi connectivity index (χ4n) is 11.7. The molecule has 0 saturated carbocycles. The second-order valence-electron chi connectivity index (χ2n) is 19.6. The van der Waals surface area contributed by atoms with Crippen LogP contribution in [0.4, 0.5) is 28.4 Å². The van der Waals surface area contributed by atoms with Gasteiger partial charge in [0.2, 0.25) is 0 Å². The van der Waals surface area contributed by atoms with Crippen LogP contribution in [0.1, 0.15) is 41.6 Å². The molecule has 9 aromatic carbocycles. The number of nitrogens with zero attached hydrogens (tertiary/aromatic N) is 6. The Balaban J connectivity index is 1.10. The third-order valence-corrected chi connectivity index (χ3v) is 15.1. The standard InChI is InChI=1S/C70H54N6/c1-3-4-9-35-63-49(2)57-32-18-21-36-64(57)72(63)48-62-69(75-65-37-22-19-33-58(65)60-45-55(39-41-67(60)75)73(51-24-10-5-11-25-51)52-26-12-6-13-27-52)43-50(47-71)44-70(62)76-66-38-23-20-34-59(66)61-46-56(40-42-68(61)76)74(53-28-14-7-15-29-53)54-30-16-8-17-31-54/h3,5-16,18-30,32-46H,1,4,17,31,48H2,2H3/b35-9-. The van der Waals surface area contributed by atoms with Gasteiger partial charge in [-0.05, 0) is 147 Å². The van der Waals surface area contributed by atoms with Gasteiger partial charge in [-0.15, -0.1) is 6.58 Å². The van der Waals surface area contributed by atoms with Crippen molar-refractivity contribution >= 4 is 89.0 Å². The Kier molecular flexibility index (Phi) is 11.8. The van der Waals surface area contributed by atoms with E-state index in [0.717, 1.165) is 119 Å². The van der Waals surface area contributed by atoms with Gasteiger partial charge in [0, 0.05) is 77.8 Å². The zero-order chi connectivity index (χ0) is 51.1. The molecule has 3 aromatic heterocycles. The normalized spacial score (nSPS) is 12.6. The summed E-state index contributed by atoms with van der Waals surface area (Å²) < 4.78 is 7.29. The molecule has 3 heterocycles. The van der Waals surface area contributed by atoms with Crippen LogP contribution in [0.25, 0.3) is 72.0 Å². The number of anilines is 5. The molecule has 76 heavy (non-hydrogen) atoms. The topological polar surface area (TPSA) is 45.1 Å². The number of para-hydroxylation sites is 6. The van der Waals surface area contributed by atoms with E-state index >= 15 is 0 Å². The Morgan fingerprint density at radius 3 is 1.54 bits per heavy atom. The van der Waals surface area contributed by atoms with Crippen LogP contribution < -0.4 is 9.80 Å². The summed E-state index contributed by atoms with van der Waals surface area (Å²) >= 11 is 0. The van der Waals surface area contributed by atoms with Crippen LogP contribution in [0.15, 0.2) is 255 Å². The monoisotopic (exact) mass is 978 g/mol. The molecule has 364 valence electrons. The molecule has 0 atom stereocenters. The predicted octanol–water partition coefficient (Wildman–Crippen LogP) is 18.5. The Morgan fingerprint density at radius 2 is 1.01 bits per heavy atom. The Morgan fingerprint density at radius 1 is 0.526 bits per heavy atom. The van der Waals surface area contributed by atoms with Gasteiger partial charge < -0.3 is 23.5 Å². The summed E-state index contributed by atoms with van der Waals surface area (Å²) in [5.41, 5.74) is 18.0. The van der Waals surface area contributed by atoms with Crippen LogP contribution in [-0.4, -0.2) is 13.7 Å². The minimum absolute atomic E-state index is 0.510. The number of fused-ring (bicyclic) bond motifs is 7. The number of hydrogen-bond donors (Lipinski definition) is 0. The Bertz CT molecular complexity index is 4290. The van der Waals surface area contributed by atoms with Gasteiger partial charge in [0.1, 0.15) is 0 Å². The minimum atomic E-state index is 0.510. The molecule has 0 fully saturated rings. The first kappa shape index (κ1) is 46.0. The molecule has 1 aliphatic rings. The molecule has 0 saturated heterocycles. The van der Waals surface area contributed by atoms with Crippen LogP contribution in [-0.2, 0) is 6.54 Å². The molecule has 0 radical (unpaired) electrons. The van der Waals surface area contributed by atoms with E-state index in [0.29, 0.717) is 12.1 Å². The maximum absolute atomic E-state index is 11.3. The minimum Gasteiger partial charge on any atom is -0.336 e. The fourth-order valence-corrected chi connectivity index (χ4v) is 11.7. The number of benzene rings is 9. The molecule has 6 heteroatoms. The first-order valence-corrected chi connectivity index (χ1v) is 26.2. The van der Waals surface area contributed by atoms with Crippen molar-refractivity contribution in [2.75, 3.05) is 9.80 Å². The molecule has 0 amide bonds. The molecular weight excluding hydrogens is 925 g/mol. The van der Waals surface area contributed by atoms with Gasteiger partial charge in [0.25, 0.3) is 0 Å². The van der Waals surface area contributed by atoms with Crippen LogP contribution in [0.5, 0.6) is 0 Å². The summed E-state index contributed by atoms with van der Waals surface area (Å²) in [6.07, 6.45) is 15.8. The maximum Gasteiger partial charge on any atom is 0.0993 e. The zero-order valence-corrected chi connectivity index (χ0v) is 42.4. The molecule has 1 aliphatic carbocycles. The van der Waals surface area contributed by atoms with Crippen molar-refractivity contribution in [2.45, 2.75) is 32.7 Å². The zero-order valence-electron chi connectivity index (χ0n) is 42.4. The van der Waals surface area contributed by atoms with E-state index in [1.807, 2.05) is 6.08 Å². The third kappa shape index (κ3) is 7.89. The van der Waals surface area contributed by atoms with Crippen LogP contribution in [0.3, 0.4) is 0 Å². The van der Waals surface area contributed by atoms with Gasteiger partial charge in [-0.1, -0.05) is 133 Å². The second-order valence-corrected chi connectivity index (χ2v) is 19.6. The molecule has 12 aromatic rings. The maximum atomic E-state index is 11.3. The van der Waals surface area contributed by atoms with E-state index in [1.54, 1.807) is 0 Å². The van der Waals surface area contributed by atoms with E-state index in [-0.39, 0.29) is 0 Å². The number of nitriles is 1. The lowest BCUT2D eigenvalue weighted by molar-refractivity contribution is 0.810. The van der Waals surface area contributed by atoms with Crippen LogP contribution >= 0.6 is 0 Å². The molecule has 13 rings (SSSR count). The highest BCUT2D eigenvalue weighted by molar-refractivity contribution is 6.12. The van der Waals surface area contributed by atoms with Gasteiger partial charge in [0.15, 0.2) is 0 Å². The smallest absolute Gasteiger partial charge is 0.0993 e. The number of rotatable bonds is 13. The lowest BCUT2D eigenvalue weighted by Gasteiger charge is -2.29. The Hall–Kier alpha value is -9.83. The highest BCUT2D eigenvalue weighted by atomic mass is 15.2. The van der Waals surface area contributed by atoms with Crippen molar-refractivity contribution in [3.63, 3.8) is 0 Å². The number of allylic oxidation sites excluding steroid dienone is 6. The number of aromatic nitrogens is 3. The van der Waals surface area contributed by atoms with Gasteiger partial charge in [0.05, 0.1) is 51.6 Å². The lowest BCUT2D eigenvalue weighted by Crippen LogP contribution is -2.17. The summed E-state index contributed by atoms with van der Waals surface area (Å²) in [5, 5.41) is 17.0. The first-order chi connectivity index (χ1) is 37.6. The van der Waals surface area contributed by atoms with E-state index < -0.39 is 0 Å². The van der Waals surface area contributed by atoms with Crippen LogP contribution in [0.2, 0.25) is 0 Å². The SMILES string of the molecule is C=CC/C=C\c1c(C)c2ccccc2n1Cc1c(-n2c3ccccc3c3cc(N(C4=CC=CCC4)c4ccccc4)ccc32)cc(C#N)cc1-n1c2ccccc2c2cc(N(c3ccccc3)c3ccccc3)ccc21. The summed E-state index contributed by atoms with van der Waals surface area (Å²) in [7, 11) is 0. The van der Waals surface area contributed by atoms with E-state index in [1.165, 1.54) is 16.6 Å². The summed E-state index contributed by atoms with van der Waals surface area (Å²) in [4.78, 5) is 4.73. The molecule has 0 unspecified atom stereocenters. The van der Waals surface area contributed by atoms with Crippen molar-refractivity contribution in [3.05, 3.63) is 277 Å². The van der Waals surface area contributed by atoms with Crippen molar-refractivity contribution in [3.8, 4) is 17.4 Å². The average Bonchev–Trinajstić information content (AvgIpc) is 4.11. The summed E-state index contributed by atoms with van der Waals surface area (Å²) in [6, 6.07) is 78.7. The second kappa shape index (κ2) is 19.5. The van der Waals surface area contributed by atoms with Gasteiger partial charge >= 0.3 is 0 Å². The lowest BCUT2D eigenvalue weighted by atomic mass is 10.0. The molecule has 0 spiro atoms. The van der Waals surface area contributed by atoms with Crippen molar-refractivity contribution in [2.24, 2.45) is 0 Å². The number of hydrogen-bond acceptors (Lipinski definition) is 3. The predicted molar refractivity (Wildman–Crippen MR) is 319 cm³/mol. The molecule has 0 bridgehead atoms. The summed E-state index contributed by atoms with van der Waals surface area (Å²) in [6.45, 7) is 6.78. The van der Waals surface area contributed by atoms with Crippen molar-refractivity contribution in [1.82, 2.24) is 13.7 Å².